The summed E-state index contributed by atoms with van der Waals surface area (Å²) in [6, 6.07) is 8.28. The van der Waals surface area contributed by atoms with E-state index >= 15 is 0 Å². The zero-order valence-electron chi connectivity index (χ0n) is 15.0. The highest BCUT2D eigenvalue weighted by molar-refractivity contribution is 5.75. The number of fused-ring (bicyclic) bond motifs is 1. The monoisotopic (exact) mass is 340 g/mol. The lowest BCUT2D eigenvalue weighted by Gasteiger charge is -2.14. The quantitative estimate of drug-likeness (QED) is 0.702. The molecule has 0 N–H and O–H groups in total. The lowest BCUT2D eigenvalue weighted by Crippen LogP contribution is -2.25. The molecule has 1 aliphatic heterocycles. The van der Waals surface area contributed by atoms with Crippen molar-refractivity contribution in [2.75, 3.05) is 26.7 Å². The van der Waals surface area contributed by atoms with Crippen molar-refractivity contribution in [2.45, 2.75) is 18.4 Å². The van der Waals surface area contributed by atoms with Crippen LogP contribution in [0.1, 0.15) is 17.4 Å². The van der Waals surface area contributed by atoms with Crippen molar-refractivity contribution in [3.63, 3.8) is 0 Å². The zero-order chi connectivity index (χ0) is 17.4. The molecule has 132 valence electrons. The molecule has 0 aliphatic carbocycles. The Morgan fingerprint density at radius 2 is 2.04 bits per heavy atom. The molecule has 1 fully saturated rings. The molecule has 0 amide bonds. The molecular weight excluding hydrogens is 316 g/mol. The van der Waals surface area contributed by atoms with E-state index in [1.165, 1.54) is 5.52 Å². The third-order valence-electron chi connectivity index (χ3n) is 5.18. The largest absolute Gasteiger partial charge is 0.379 e. The Balaban J connectivity index is 1.45. The third-order valence-corrected chi connectivity index (χ3v) is 5.18. The Bertz CT molecular complexity index is 869. The summed E-state index contributed by atoms with van der Waals surface area (Å²) in [6.07, 6.45) is 3.08. The number of imidazole rings is 1. The topological polar surface area (TPSA) is 61.0 Å². The van der Waals surface area contributed by atoms with E-state index in [-0.39, 0.29) is 12.0 Å². The second kappa shape index (κ2) is 6.57. The van der Waals surface area contributed by atoms with Gasteiger partial charge in [-0.25, -0.2) is 4.98 Å². The van der Waals surface area contributed by atoms with Crippen molar-refractivity contribution in [2.24, 2.45) is 14.1 Å². The van der Waals surface area contributed by atoms with E-state index in [4.69, 9.17) is 9.72 Å². The fraction of sp³-hybridized carbons (Fsp3) is 0.500. The van der Waals surface area contributed by atoms with Gasteiger partial charge in [0.15, 0.2) is 0 Å². The number of methoxy groups -OCH3 is 1. The van der Waals surface area contributed by atoms with Crippen LogP contribution in [0.15, 0.2) is 30.5 Å². The van der Waals surface area contributed by atoms with Gasteiger partial charge in [-0.1, -0.05) is 17.3 Å². The summed E-state index contributed by atoms with van der Waals surface area (Å²) < 4.78 is 9.65. The van der Waals surface area contributed by atoms with Crippen LogP contribution in [0.3, 0.4) is 0 Å². The highest BCUT2D eigenvalue weighted by atomic mass is 16.5. The Hall–Kier alpha value is -2.25. The molecule has 1 aliphatic rings. The molecule has 3 heterocycles. The summed E-state index contributed by atoms with van der Waals surface area (Å²) in [4.78, 5) is 7.21. The van der Waals surface area contributed by atoms with Gasteiger partial charge in [0.1, 0.15) is 5.82 Å². The predicted octanol–water partition coefficient (Wildman–Crippen LogP) is 1.36. The molecule has 1 aromatic carbocycles. The summed E-state index contributed by atoms with van der Waals surface area (Å²) in [5.41, 5.74) is 3.26. The van der Waals surface area contributed by atoms with Crippen LogP contribution < -0.4 is 0 Å². The number of aryl methyl sites for hydroxylation is 2. The van der Waals surface area contributed by atoms with Crippen molar-refractivity contribution in [1.82, 2.24) is 29.4 Å². The number of rotatable bonds is 5. The van der Waals surface area contributed by atoms with Crippen LogP contribution >= 0.6 is 0 Å². The molecule has 0 bridgehead atoms. The number of hydrogen-bond donors (Lipinski definition) is 0. The van der Waals surface area contributed by atoms with Crippen molar-refractivity contribution in [3.8, 4) is 0 Å². The Kier molecular flexibility index (Phi) is 4.27. The Morgan fingerprint density at radius 1 is 1.20 bits per heavy atom. The number of benzene rings is 1. The van der Waals surface area contributed by atoms with Gasteiger partial charge in [-0.15, -0.1) is 5.10 Å². The van der Waals surface area contributed by atoms with Crippen LogP contribution in [0.4, 0.5) is 0 Å². The van der Waals surface area contributed by atoms with Gasteiger partial charge in [0.2, 0.25) is 0 Å². The van der Waals surface area contributed by atoms with Crippen molar-refractivity contribution >= 4 is 11.0 Å². The molecule has 4 rings (SSSR count). The second-order valence-corrected chi connectivity index (χ2v) is 6.78. The Morgan fingerprint density at radius 3 is 2.76 bits per heavy atom. The van der Waals surface area contributed by atoms with Crippen LogP contribution in [-0.2, 0) is 25.3 Å². The average Bonchev–Trinajstić information content (AvgIpc) is 3.31. The average molecular weight is 340 g/mol. The van der Waals surface area contributed by atoms with Gasteiger partial charge < -0.3 is 9.30 Å². The highest BCUT2D eigenvalue weighted by Gasteiger charge is 2.35. The first-order chi connectivity index (χ1) is 12.2. The number of likely N-dealkylation sites (tertiary alicyclic amines) is 1. The molecule has 1 saturated heterocycles. The third kappa shape index (κ3) is 3.05. The minimum Gasteiger partial charge on any atom is -0.379 e. The van der Waals surface area contributed by atoms with E-state index in [9.17, 15) is 0 Å². The van der Waals surface area contributed by atoms with Gasteiger partial charge in [0.05, 0.1) is 22.8 Å². The number of hydrogen-bond acceptors (Lipinski definition) is 5. The van der Waals surface area contributed by atoms with E-state index in [1.54, 1.807) is 11.8 Å². The molecule has 0 spiro atoms. The lowest BCUT2D eigenvalue weighted by molar-refractivity contribution is 0.0964. The SMILES string of the molecule is CO[C@@H]1CN(CCc2nc3ccccc3n2C)C[C@H]1c1cn(C)nn1. The summed E-state index contributed by atoms with van der Waals surface area (Å²) in [6.45, 7) is 2.83. The number of nitrogens with zero attached hydrogens (tertiary/aromatic N) is 6. The minimum absolute atomic E-state index is 0.164. The molecule has 7 nitrogen and oxygen atoms in total. The summed E-state index contributed by atoms with van der Waals surface area (Å²) >= 11 is 0. The van der Waals surface area contributed by atoms with E-state index in [0.717, 1.165) is 43.1 Å². The van der Waals surface area contributed by atoms with Crippen LogP contribution in [0, 0.1) is 0 Å². The zero-order valence-corrected chi connectivity index (χ0v) is 15.0. The first-order valence-electron chi connectivity index (χ1n) is 8.67. The van der Waals surface area contributed by atoms with E-state index < -0.39 is 0 Å². The summed E-state index contributed by atoms with van der Waals surface area (Å²) in [5.74, 6) is 1.40. The van der Waals surface area contributed by atoms with Gasteiger partial charge >= 0.3 is 0 Å². The molecule has 25 heavy (non-hydrogen) atoms. The van der Waals surface area contributed by atoms with Gasteiger partial charge in [-0.3, -0.25) is 9.58 Å². The predicted molar refractivity (Wildman–Crippen MR) is 95.4 cm³/mol. The maximum Gasteiger partial charge on any atom is 0.110 e. The van der Waals surface area contributed by atoms with Crippen LogP contribution in [-0.4, -0.2) is 62.3 Å². The van der Waals surface area contributed by atoms with Crippen molar-refractivity contribution in [3.05, 3.63) is 42.0 Å². The lowest BCUT2D eigenvalue weighted by atomic mass is 10.0. The number of ether oxygens (including phenoxy) is 1. The molecular formula is C18H24N6O. The van der Waals surface area contributed by atoms with Gasteiger partial charge in [-0.05, 0) is 12.1 Å². The molecule has 3 aromatic rings. The van der Waals surface area contributed by atoms with Gasteiger partial charge in [0.25, 0.3) is 0 Å². The molecule has 0 radical (unpaired) electrons. The van der Waals surface area contributed by atoms with Gasteiger partial charge in [-0.2, -0.15) is 0 Å². The van der Waals surface area contributed by atoms with Crippen LogP contribution in [0.2, 0.25) is 0 Å². The molecule has 0 unspecified atom stereocenters. The standard InChI is InChI=1S/C18H24N6O/c1-22-11-15(20-21-22)13-10-24(12-17(13)25-3)9-8-18-19-14-6-4-5-7-16(14)23(18)2/h4-7,11,13,17H,8-10,12H2,1-3H3/t13-,17+/m0/s1. The maximum atomic E-state index is 5.70. The van der Waals surface area contributed by atoms with Gasteiger partial charge in [0, 0.05) is 59.4 Å². The normalized spacial score (nSPS) is 21.4. The summed E-state index contributed by atoms with van der Waals surface area (Å²) in [7, 11) is 5.77. The summed E-state index contributed by atoms with van der Waals surface area (Å²) in [5, 5.41) is 8.35. The van der Waals surface area contributed by atoms with E-state index in [1.807, 2.05) is 19.3 Å². The highest BCUT2D eigenvalue weighted by Crippen LogP contribution is 2.28. The van der Waals surface area contributed by atoms with Crippen molar-refractivity contribution < 1.29 is 4.74 Å². The van der Waals surface area contributed by atoms with E-state index in [2.05, 4.69) is 45.0 Å². The Labute approximate surface area is 147 Å². The molecule has 2 aromatic heterocycles. The van der Waals surface area contributed by atoms with E-state index in [0.29, 0.717) is 0 Å². The fourth-order valence-electron chi connectivity index (χ4n) is 3.77. The van der Waals surface area contributed by atoms with Crippen molar-refractivity contribution in [1.29, 1.82) is 0 Å². The first kappa shape index (κ1) is 16.2. The maximum absolute atomic E-state index is 5.70. The smallest absolute Gasteiger partial charge is 0.110 e. The molecule has 7 heteroatoms. The second-order valence-electron chi connectivity index (χ2n) is 6.78. The molecule has 0 saturated carbocycles. The fourth-order valence-corrected chi connectivity index (χ4v) is 3.77. The first-order valence-corrected chi connectivity index (χ1v) is 8.67. The number of aromatic nitrogens is 5. The van der Waals surface area contributed by atoms with Crippen LogP contribution in [0.5, 0.6) is 0 Å². The number of para-hydroxylation sites is 2. The van der Waals surface area contributed by atoms with Crippen LogP contribution in [0.25, 0.3) is 11.0 Å². The minimum atomic E-state index is 0.164. The molecule has 2 atom stereocenters.